The molecule has 0 fully saturated rings. The third-order valence-corrected chi connectivity index (χ3v) is 2.47. The van der Waals surface area contributed by atoms with Gasteiger partial charge in [0, 0.05) is 16.1 Å². The van der Waals surface area contributed by atoms with Gasteiger partial charge in [-0.05, 0) is 23.8 Å². The molecule has 0 N–H and O–H groups in total. The molecule has 0 bridgehead atoms. The van der Waals surface area contributed by atoms with Gasteiger partial charge >= 0.3 is 0 Å². The van der Waals surface area contributed by atoms with Crippen LogP contribution in [0.5, 0.6) is 0 Å². The van der Waals surface area contributed by atoms with E-state index in [9.17, 15) is 12.8 Å². The van der Waals surface area contributed by atoms with E-state index >= 15 is 0 Å². The Bertz CT molecular complexity index is 468. The second-order valence-electron chi connectivity index (χ2n) is 2.44. The Morgan fingerprint density at radius 1 is 1.36 bits per heavy atom. The molecule has 0 aliphatic heterocycles. The highest BCUT2D eigenvalue weighted by atomic mass is 35.7. The Balaban J connectivity index is 3.05. The molecule has 0 spiro atoms. The van der Waals surface area contributed by atoms with E-state index in [4.69, 9.17) is 22.3 Å². The van der Waals surface area contributed by atoms with Crippen molar-refractivity contribution in [1.82, 2.24) is 0 Å². The van der Waals surface area contributed by atoms with Gasteiger partial charge in [-0.2, -0.15) is 0 Å². The zero-order valence-corrected chi connectivity index (χ0v) is 9.07. The lowest BCUT2D eigenvalue weighted by Crippen LogP contribution is -1.82. The molecule has 1 aromatic rings. The third-order valence-electron chi connectivity index (χ3n) is 1.37. The average molecular weight is 255 g/mol. The maximum Gasteiger partial charge on any atom is 0.254 e. The first-order chi connectivity index (χ1) is 6.38. The van der Waals surface area contributed by atoms with Crippen LogP contribution in [0.2, 0.25) is 5.02 Å². The van der Waals surface area contributed by atoms with Gasteiger partial charge in [-0.3, -0.25) is 0 Å². The Morgan fingerprint density at radius 2 is 2.00 bits per heavy atom. The smallest absolute Gasteiger partial charge is 0.208 e. The molecule has 14 heavy (non-hydrogen) atoms. The molecule has 1 rings (SSSR count). The SMILES string of the molecule is O=S(=O)(Cl)C=Cc1ccc(F)cc1Cl. The van der Waals surface area contributed by atoms with E-state index in [1.54, 1.807) is 0 Å². The number of hydrogen-bond acceptors (Lipinski definition) is 2. The van der Waals surface area contributed by atoms with Crippen molar-refractivity contribution in [3.63, 3.8) is 0 Å². The number of hydrogen-bond donors (Lipinski definition) is 0. The summed E-state index contributed by atoms with van der Waals surface area (Å²) in [6.45, 7) is 0. The normalized spacial score (nSPS) is 12.2. The van der Waals surface area contributed by atoms with Crippen molar-refractivity contribution >= 4 is 37.4 Å². The molecule has 0 amide bonds. The molecule has 76 valence electrons. The van der Waals surface area contributed by atoms with E-state index in [0.29, 0.717) is 5.56 Å². The van der Waals surface area contributed by atoms with Gasteiger partial charge in [0.25, 0.3) is 9.05 Å². The van der Waals surface area contributed by atoms with Crippen molar-refractivity contribution in [3.8, 4) is 0 Å². The van der Waals surface area contributed by atoms with Gasteiger partial charge in [0.1, 0.15) is 5.82 Å². The van der Waals surface area contributed by atoms with Crippen molar-refractivity contribution < 1.29 is 12.8 Å². The standard InChI is InChI=1S/C8H5Cl2FO2S/c9-8-5-7(11)2-1-6(8)3-4-14(10,12)13/h1-5H. The summed E-state index contributed by atoms with van der Waals surface area (Å²) in [7, 11) is 1.23. The van der Waals surface area contributed by atoms with Crippen LogP contribution >= 0.6 is 22.3 Å². The fourth-order valence-electron chi connectivity index (χ4n) is 0.791. The highest BCUT2D eigenvalue weighted by Crippen LogP contribution is 2.19. The van der Waals surface area contributed by atoms with Gasteiger partial charge < -0.3 is 0 Å². The largest absolute Gasteiger partial charge is 0.254 e. The van der Waals surface area contributed by atoms with Gasteiger partial charge in [-0.15, -0.1) is 0 Å². The minimum absolute atomic E-state index is 0.126. The first-order valence-corrected chi connectivity index (χ1v) is 6.21. The van der Waals surface area contributed by atoms with E-state index < -0.39 is 14.9 Å². The molecule has 1 aromatic carbocycles. The second kappa shape index (κ2) is 4.29. The van der Waals surface area contributed by atoms with Crippen LogP contribution < -0.4 is 0 Å². The van der Waals surface area contributed by atoms with E-state index in [1.165, 1.54) is 18.2 Å². The molecular weight excluding hydrogens is 250 g/mol. The minimum atomic E-state index is -3.71. The van der Waals surface area contributed by atoms with E-state index in [1.807, 2.05) is 0 Å². The molecule has 0 saturated carbocycles. The highest BCUT2D eigenvalue weighted by Gasteiger charge is 2.01. The van der Waals surface area contributed by atoms with Gasteiger partial charge in [0.05, 0.1) is 5.02 Å². The average Bonchev–Trinajstić information content (AvgIpc) is 2.00. The summed E-state index contributed by atoms with van der Waals surface area (Å²) in [5.74, 6) is -0.485. The predicted octanol–water partition coefficient (Wildman–Crippen LogP) is 3.02. The molecule has 0 radical (unpaired) electrons. The molecule has 6 heteroatoms. The van der Waals surface area contributed by atoms with Crippen LogP contribution in [-0.2, 0) is 9.05 Å². The molecule has 0 heterocycles. The van der Waals surface area contributed by atoms with Crippen LogP contribution in [-0.4, -0.2) is 8.42 Å². The summed E-state index contributed by atoms with van der Waals surface area (Å²) >= 11 is 5.63. The van der Waals surface area contributed by atoms with Crippen LogP contribution in [0.3, 0.4) is 0 Å². The Hall–Kier alpha value is -0.580. The molecule has 0 aromatic heterocycles. The zero-order valence-electron chi connectivity index (χ0n) is 6.75. The lowest BCUT2D eigenvalue weighted by Gasteiger charge is -1.96. The maximum absolute atomic E-state index is 12.6. The molecular formula is C8H5Cl2FO2S. The Labute approximate surface area is 90.4 Å². The summed E-state index contributed by atoms with van der Waals surface area (Å²) in [6, 6.07) is 3.62. The number of rotatable bonds is 2. The zero-order chi connectivity index (χ0) is 10.8. The van der Waals surface area contributed by atoms with Crippen molar-refractivity contribution in [1.29, 1.82) is 0 Å². The quantitative estimate of drug-likeness (QED) is 0.761. The second-order valence-corrected chi connectivity index (χ2v) is 5.37. The summed E-state index contributed by atoms with van der Waals surface area (Å²) in [5.41, 5.74) is 0.386. The topological polar surface area (TPSA) is 34.1 Å². The molecule has 0 saturated heterocycles. The van der Waals surface area contributed by atoms with Crippen molar-refractivity contribution in [3.05, 3.63) is 40.0 Å². The molecule has 2 nitrogen and oxygen atoms in total. The van der Waals surface area contributed by atoms with Crippen LogP contribution in [0.1, 0.15) is 5.56 Å². The fourth-order valence-corrected chi connectivity index (χ4v) is 1.48. The minimum Gasteiger partial charge on any atom is -0.208 e. The first kappa shape index (κ1) is 11.5. The molecule has 0 unspecified atom stereocenters. The molecule has 0 aliphatic carbocycles. The maximum atomic E-state index is 12.6. The van der Waals surface area contributed by atoms with Gasteiger partial charge in [-0.25, -0.2) is 12.8 Å². The first-order valence-electron chi connectivity index (χ1n) is 3.46. The Morgan fingerprint density at radius 3 is 2.50 bits per heavy atom. The van der Waals surface area contributed by atoms with Gasteiger partial charge in [0.15, 0.2) is 0 Å². The highest BCUT2D eigenvalue weighted by molar-refractivity contribution is 8.16. The summed E-state index contributed by atoms with van der Waals surface area (Å²) in [6.07, 6.45) is 1.20. The monoisotopic (exact) mass is 254 g/mol. The summed E-state index contributed by atoms with van der Waals surface area (Å²) in [4.78, 5) is 0. The lowest BCUT2D eigenvalue weighted by atomic mass is 10.2. The predicted molar refractivity (Wildman–Crippen MR) is 55.2 cm³/mol. The van der Waals surface area contributed by atoms with Crippen molar-refractivity contribution in [2.45, 2.75) is 0 Å². The molecule has 0 aliphatic rings. The fraction of sp³-hybridized carbons (Fsp3) is 0. The van der Waals surface area contributed by atoms with Crippen LogP contribution in [0.4, 0.5) is 4.39 Å². The van der Waals surface area contributed by atoms with E-state index in [2.05, 4.69) is 0 Å². The van der Waals surface area contributed by atoms with Crippen LogP contribution in [0, 0.1) is 5.82 Å². The summed E-state index contributed by atoms with van der Waals surface area (Å²) < 4.78 is 33.7. The Kier molecular flexibility index (Phi) is 3.53. The van der Waals surface area contributed by atoms with E-state index in [-0.39, 0.29) is 5.02 Å². The van der Waals surface area contributed by atoms with Gasteiger partial charge in [-0.1, -0.05) is 17.7 Å². The van der Waals surface area contributed by atoms with Crippen molar-refractivity contribution in [2.24, 2.45) is 0 Å². The number of halogens is 3. The van der Waals surface area contributed by atoms with Crippen LogP contribution in [0.25, 0.3) is 6.08 Å². The van der Waals surface area contributed by atoms with Gasteiger partial charge in [0.2, 0.25) is 0 Å². The van der Waals surface area contributed by atoms with Crippen LogP contribution in [0.15, 0.2) is 23.6 Å². The summed E-state index contributed by atoms with van der Waals surface area (Å²) in [5, 5.41) is 0.912. The molecule has 0 atom stereocenters. The lowest BCUT2D eigenvalue weighted by molar-refractivity contribution is 0.617. The van der Waals surface area contributed by atoms with E-state index in [0.717, 1.165) is 11.5 Å². The third kappa shape index (κ3) is 3.65. The number of benzene rings is 1. The van der Waals surface area contributed by atoms with Crippen molar-refractivity contribution in [2.75, 3.05) is 0 Å².